The van der Waals surface area contributed by atoms with Crippen molar-refractivity contribution in [1.29, 1.82) is 0 Å². The van der Waals surface area contributed by atoms with Gasteiger partial charge in [-0.25, -0.2) is 0 Å². The monoisotopic (exact) mass is 290 g/mol. The van der Waals surface area contributed by atoms with Crippen molar-refractivity contribution in [3.05, 3.63) is 34.7 Å². The fraction of sp³-hybridized carbons (Fsp3) is 0.400. The van der Waals surface area contributed by atoms with Gasteiger partial charge in [0.2, 0.25) is 5.88 Å². The molecule has 106 valence electrons. The van der Waals surface area contributed by atoms with Crippen LogP contribution in [-0.4, -0.2) is 23.3 Å². The molecule has 1 aromatic carbocycles. The number of nitrogens with zero attached hydrogens (tertiary/aromatic N) is 1. The Morgan fingerprint density at radius 1 is 1.30 bits per heavy atom. The van der Waals surface area contributed by atoms with E-state index < -0.39 is 0 Å². The lowest BCUT2D eigenvalue weighted by molar-refractivity contribution is 0.0855. The molecule has 0 radical (unpaired) electrons. The second-order valence-electron chi connectivity index (χ2n) is 5.03. The average molecular weight is 290 g/mol. The van der Waals surface area contributed by atoms with Gasteiger partial charge in [0.25, 0.3) is 0 Å². The van der Waals surface area contributed by atoms with Crippen LogP contribution in [0.4, 0.5) is 10.8 Å². The van der Waals surface area contributed by atoms with Gasteiger partial charge in [0.15, 0.2) is 5.13 Å². The number of rotatable bonds is 3. The van der Waals surface area contributed by atoms with Crippen molar-refractivity contribution in [3.8, 4) is 5.88 Å². The third-order valence-electron chi connectivity index (χ3n) is 3.61. The standard InChI is InChI=1S/C15H18N2O2S/c1-10-4-2-3-5-12(10)16-15-17-14(18)13(20-15)11-6-8-19-9-7-11/h2-5,11,18H,6-9H2,1H3,(H,16,17). The fourth-order valence-electron chi connectivity index (χ4n) is 2.43. The molecule has 0 bridgehead atoms. The number of aromatic hydroxyl groups is 1. The van der Waals surface area contributed by atoms with Gasteiger partial charge in [-0.3, -0.25) is 0 Å². The first-order valence-electron chi connectivity index (χ1n) is 6.84. The van der Waals surface area contributed by atoms with E-state index in [0.717, 1.165) is 47.3 Å². The van der Waals surface area contributed by atoms with Crippen LogP contribution < -0.4 is 5.32 Å². The van der Waals surface area contributed by atoms with Gasteiger partial charge in [0.05, 0.1) is 4.88 Å². The molecule has 1 saturated heterocycles. The smallest absolute Gasteiger partial charge is 0.227 e. The van der Waals surface area contributed by atoms with Crippen molar-refractivity contribution in [2.24, 2.45) is 0 Å². The van der Waals surface area contributed by atoms with E-state index in [0.29, 0.717) is 5.92 Å². The van der Waals surface area contributed by atoms with Gasteiger partial charge in [-0.2, -0.15) is 4.98 Å². The Labute approximate surface area is 122 Å². The van der Waals surface area contributed by atoms with Gasteiger partial charge in [-0.05, 0) is 31.4 Å². The summed E-state index contributed by atoms with van der Waals surface area (Å²) in [4.78, 5) is 5.22. The van der Waals surface area contributed by atoms with Crippen molar-refractivity contribution >= 4 is 22.2 Å². The topological polar surface area (TPSA) is 54.4 Å². The van der Waals surface area contributed by atoms with Crippen LogP contribution in [0.2, 0.25) is 0 Å². The van der Waals surface area contributed by atoms with Gasteiger partial charge in [-0.1, -0.05) is 29.5 Å². The molecule has 5 heteroatoms. The Morgan fingerprint density at radius 3 is 2.80 bits per heavy atom. The molecule has 20 heavy (non-hydrogen) atoms. The molecule has 2 aromatic rings. The molecule has 1 aliphatic rings. The molecular formula is C15H18N2O2S. The summed E-state index contributed by atoms with van der Waals surface area (Å²) in [6, 6.07) is 8.06. The van der Waals surface area contributed by atoms with Crippen LogP contribution in [0.1, 0.15) is 29.2 Å². The molecule has 1 aliphatic heterocycles. The summed E-state index contributed by atoms with van der Waals surface area (Å²) in [6.07, 6.45) is 1.92. The molecule has 0 unspecified atom stereocenters. The highest BCUT2D eigenvalue weighted by Crippen LogP contribution is 2.40. The van der Waals surface area contributed by atoms with E-state index >= 15 is 0 Å². The predicted octanol–water partition coefficient (Wildman–Crippen LogP) is 3.79. The largest absolute Gasteiger partial charge is 0.492 e. The number of aromatic nitrogens is 1. The van der Waals surface area contributed by atoms with Gasteiger partial charge in [-0.15, -0.1) is 0 Å². The Balaban J connectivity index is 1.80. The minimum absolute atomic E-state index is 0.165. The third kappa shape index (κ3) is 2.78. The summed E-state index contributed by atoms with van der Waals surface area (Å²) >= 11 is 1.54. The van der Waals surface area contributed by atoms with Crippen molar-refractivity contribution in [2.45, 2.75) is 25.7 Å². The van der Waals surface area contributed by atoms with E-state index in [1.807, 2.05) is 18.2 Å². The lowest BCUT2D eigenvalue weighted by Gasteiger charge is -2.20. The first-order valence-corrected chi connectivity index (χ1v) is 7.66. The lowest BCUT2D eigenvalue weighted by atomic mass is 9.99. The number of para-hydroxylation sites is 1. The van der Waals surface area contributed by atoms with Crippen LogP contribution in [-0.2, 0) is 4.74 Å². The number of ether oxygens (including phenoxy) is 1. The van der Waals surface area contributed by atoms with E-state index in [4.69, 9.17) is 4.74 Å². The van der Waals surface area contributed by atoms with E-state index in [2.05, 4.69) is 23.3 Å². The fourth-order valence-corrected chi connectivity index (χ4v) is 3.47. The number of benzene rings is 1. The highest BCUT2D eigenvalue weighted by Gasteiger charge is 2.23. The SMILES string of the molecule is Cc1ccccc1Nc1nc(O)c(C2CCOCC2)s1. The number of thiazole rings is 1. The maximum atomic E-state index is 10.0. The Bertz CT molecular complexity index is 591. The van der Waals surface area contributed by atoms with Crippen LogP contribution in [0.3, 0.4) is 0 Å². The zero-order valence-electron chi connectivity index (χ0n) is 11.4. The summed E-state index contributed by atoms with van der Waals surface area (Å²) in [5.41, 5.74) is 2.19. The molecule has 1 aromatic heterocycles. The molecule has 2 N–H and O–H groups in total. The van der Waals surface area contributed by atoms with Crippen LogP contribution >= 0.6 is 11.3 Å². The molecular weight excluding hydrogens is 272 g/mol. The normalized spacial score (nSPS) is 16.2. The molecule has 0 aliphatic carbocycles. The van der Waals surface area contributed by atoms with Crippen molar-refractivity contribution < 1.29 is 9.84 Å². The first-order chi connectivity index (χ1) is 9.74. The second-order valence-corrected chi connectivity index (χ2v) is 6.06. The molecule has 0 spiro atoms. The highest BCUT2D eigenvalue weighted by molar-refractivity contribution is 7.16. The van der Waals surface area contributed by atoms with Crippen LogP contribution in [0.25, 0.3) is 0 Å². The van der Waals surface area contributed by atoms with Gasteiger partial charge in [0.1, 0.15) is 0 Å². The average Bonchev–Trinajstić information content (AvgIpc) is 2.83. The summed E-state index contributed by atoms with van der Waals surface area (Å²) < 4.78 is 5.37. The van der Waals surface area contributed by atoms with E-state index in [-0.39, 0.29) is 5.88 Å². The predicted molar refractivity (Wildman–Crippen MR) is 81.0 cm³/mol. The minimum atomic E-state index is 0.165. The molecule has 1 fully saturated rings. The molecule has 0 amide bonds. The molecule has 4 nitrogen and oxygen atoms in total. The summed E-state index contributed by atoms with van der Waals surface area (Å²) in [7, 11) is 0. The maximum Gasteiger partial charge on any atom is 0.227 e. The van der Waals surface area contributed by atoms with Crippen molar-refractivity contribution in [2.75, 3.05) is 18.5 Å². The molecule has 3 rings (SSSR count). The highest BCUT2D eigenvalue weighted by atomic mass is 32.1. The van der Waals surface area contributed by atoms with E-state index in [1.165, 1.54) is 0 Å². The Kier molecular flexibility index (Phi) is 3.89. The summed E-state index contributed by atoms with van der Waals surface area (Å²) in [6.45, 7) is 3.58. The minimum Gasteiger partial charge on any atom is -0.492 e. The third-order valence-corrected chi connectivity index (χ3v) is 4.74. The molecule has 0 atom stereocenters. The van der Waals surface area contributed by atoms with Gasteiger partial charge >= 0.3 is 0 Å². The van der Waals surface area contributed by atoms with Crippen LogP contribution in [0.15, 0.2) is 24.3 Å². The van der Waals surface area contributed by atoms with Crippen molar-refractivity contribution in [1.82, 2.24) is 4.98 Å². The lowest BCUT2D eigenvalue weighted by Crippen LogP contribution is -2.13. The maximum absolute atomic E-state index is 10.0. The number of hydrogen-bond donors (Lipinski definition) is 2. The Hall–Kier alpha value is -1.59. The van der Waals surface area contributed by atoms with Crippen LogP contribution in [0.5, 0.6) is 5.88 Å². The molecule has 2 heterocycles. The summed E-state index contributed by atoms with van der Waals surface area (Å²) in [5.74, 6) is 0.534. The van der Waals surface area contributed by atoms with Gasteiger partial charge < -0.3 is 15.2 Å². The zero-order chi connectivity index (χ0) is 13.9. The second kappa shape index (κ2) is 5.81. The number of nitrogens with one attached hydrogen (secondary N) is 1. The Morgan fingerprint density at radius 2 is 2.05 bits per heavy atom. The van der Waals surface area contributed by atoms with Gasteiger partial charge in [0, 0.05) is 24.8 Å². The van der Waals surface area contributed by atoms with Crippen molar-refractivity contribution in [3.63, 3.8) is 0 Å². The zero-order valence-corrected chi connectivity index (χ0v) is 12.2. The molecule has 0 saturated carbocycles. The van der Waals surface area contributed by atoms with E-state index in [9.17, 15) is 5.11 Å². The number of aryl methyl sites for hydroxylation is 1. The number of hydrogen-bond acceptors (Lipinski definition) is 5. The first kappa shape index (κ1) is 13.4. The number of anilines is 2. The van der Waals surface area contributed by atoms with Crippen LogP contribution in [0, 0.1) is 6.92 Å². The van der Waals surface area contributed by atoms with E-state index in [1.54, 1.807) is 11.3 Å². The quantitative estimate of drug-likeness (QED) is 0.903. The summed E-state index contributed by atoms with van der Waals surface area (Å²) in [5, 5.41) is 14.1.